The first-order valence-corrected chi connectivity index (χ1v) is 7.07. The van der Waals surface area contributed by atoms with Crippen molar-refractivity contribution < 1.29 is 4.79 Å². The monoisotopic (exact) mass is 354 g/mol. The summed E-state index contributed by atoms with van der Waals surface area (Å²) in [4.78, 5) is 19.6. The van der Waals surface area contributed by atoms with Crippen molar-refractivity contribution in [2.45, 2.75) is 0 Å². The first kappa shape index (κ1) is 14.7. The largest absolute Gasteiger partial charge is 0.367 e. The second-order valence-electron chi connectivity index (χ2n) is 3.91. The van der Waals surface area contributed by atoms with E-state index in [1.54, 1.807) is 12.1 Å². The number of benzene rings is 1. The number of hydrogen-bond acceptors (Lipinski definition) is 4. The molecule has 0 radical (unpaired) electrons. The van der Waals surface area contributed by atoms with Crippen LogP contribution >= 0.6 is 27.5 Å². The maximum Gasteiger partial charge on any atom is 0.251 e. The Kier molecular flexibility index (Phi) is 5.31. The van der Waals surface area contributed by atoms with Gasteiger partial charge in [0.2, 0.25) is 0 Å². The van der Waals surface area contributed by atoms with Crippen LogP contribution in [0.1, 0.15) is 10.4 Å². The quantitative estimate of drug-likeness (QED) is 0.809. The Morgan fingerprint density at radius 2 is 2.20 bits per heavy atom. The van der Waals surface area contributed by atoms with Crippen molar-refractivity contribution in [3.63, 3.8) is 0 Å². The molecule has 5 nitrogen and oxygen atoms in total. The number of anilines is 1. The number of carbonyl (C=O) groups is 1. The topological polar surface area (TPSA) is 66.9 Å². The van der Waals surface area contributed by atoms with E-state index in [1.165, 1.54) is 12.5 Å². The number of halogens is 2. The molecule has 0 fully saturated rings. The smallest absolute Gasteiger partial charge is 0.251 e. The fourth-order valence-electron chi connectivity index (χ4n) is 1.53. The average molecular weight is 356 g/mol. The van der Waals surface area contributed by atoms with E-state index in [2.05, 4.69) is 36.5 Å². The third-order valence-electron chi connectivity index (χ3n) is 2.46. The molecule has 0 spiro atoms. The van der Waals surface area contributed by atoms with Gasteiger partial charge >= 0.3 is 0 Å². The normalized spacial score (nSPS) is 10.1. The van der Waals surface area contributed by atoms with Crippen molar-refractivity contribution in [3.8, 4) is 0 Å². The minimum Gasteiger partial charge on any atom is -0.367 e. The molecular formula is C13H12BrClN4O. The molecule has 0 aliphatic heterocycles. The molecule has 1 aromatic heterocycles. The molecule has 1 aromatic carbocycles. The van der Waals surface area contributed by atoms with E-state index in [4.69, 9.17) is 11.6 Å². The molecule has 0 aliphatic carbocycles. The molecule has 0 saturated carbocycles. The Morgan fingerprint density at radius 1 is 1.35 bits per heavy atom. The van der Waals surface area contributed by atoms with Gasteiger partial charge in [-0.2, -0.15) is 0 Å². The lowest BCUT2D eigenvalue weighted by atomic mass is 10.2. The van der Waals surface area contributed by atoms with Crippen LogP contribution in [0.15, 0.2) is 41.3 Å². The van der Waals surface area contributed by atoms with Gasteiger partial charge in [-0.3, -0.25) is 4.79 Å². The molecule has 2 aromatic rings. The van der Waals surface area contributed by atoms with Crippen LogP contribution in [0.4, 0.5) is 5.82 Å². The molecule has 7 heteroatoms. The highest BCUT2D eigenvalue weighted by Crippen LogP contribution is 2.15. The van der Waals surface area contributed by atoms with Crippen molar-refractivity contribution in [1.82, 2.24) is 15.3 Å². The summed E-state index contributed by atoms with van der Waals surface area (Å²) in [6, 6.07) is 7.21. The third-order valence-corrected chi connectivity index (χ3v) is 3.23. The third kappa shape index (κ3) is 4.18. The van der Waals surface area contributed by atoms with Gasteiger partial charge in [0.15, 0.2) is 0 Å². The lowest BCUT2D eigenvalue weighted by molar-refractivity contribution is 0.0955. The minimum absolute atomic E-state index is 0.123. The Morgan fingerprint density at radius 3 is 2.95 bits per heavy atom. The lowest BCUT2D eigenvalue weighted by Crippen LogP contribution is -2.28. The summed E-state index contributed by atoms with van der Waals surface area (Å²) in [7, 11) is 0. The van der Waals surface area contributed by atoms with Crippen molar-refractivity contribution in [1.29, 1.82) is 0 Å². The van der Waals surface area contributed by atoms with Crippen LogP contribution in [-0.2, 0) is 0 Å². The molecule has 0 unspecified atom stereocenters. The van der Waals surface area contributed by atoms with E-state index in [0.717, 1.165) is 4.47 Å². The minimum atomic E-state index is -0.123. The molecule has 0 bridgehead atoms. The zero-order valence-corrected chi connectivity index (χ0v) is 12.8. The Bertz CT molecular complexity index is 608. The molecule has 1 amide bonds. The van der Waals surface area contributed by atoms with Crippen molar-refractivity contribution >= 4 is 39.3 Å². The molecule has 0 atom stereocenters. The van der Waals surface area contributed by atoms with Crippen LogP contribution in [0.3, 0.4) is 0 Å². The van der Waals surface area contributed by atoms with Gasteiger partial charge in [-0.1, -0.05) is 33.6 Å². The van der Waals surface area contributed by atoms with Gasteiger partial charge in [-0.25, -0.2) is 9.97 Å². The van der Waals surface area contributed by atoms with Gasteiger partial charge in [0.05, 0.1) is 6.20 Å². The van der Waals surface area contributed by atoms with E-state index in [1.807, 2.05) is 12.1 Å². The molecule has 1 heterocycles. The molecule has 0 aliphatic rings. The first-order valence-electron chi connectivity index (χ1n) is 5.90. The van der Waals surface area contributed by atoms with Gasteiger partial charge in [-0.05, 0) is 18.2 Å². The number of nitrogens with one attached hydrogen (secondary N) is 2. The van der Waals surface area contributed by atoms with E-state index < -0.39 is 0 Å². The predicted molar refractivity (Wildman–Crippen MR) is 82.0 cm³/mol. The van der Waals surface area contributed by atoms with Gasteiger partial charge < -0.3 is 10.6 Å². The predicted octanol–water partition coefficient (Wildman–Crippen LogP) is 2.73. The van der Waals surface area contributed by atoms with Gasteiger partial charge in [0.25, 0.3) is 5.91 Å². The maximum absolute atomic E-state index is 11.9. The number of aromatic nitrogens is 2. The second-order valence-corrected chi connectivity index (χ2v) is 5.24. The lowest BCUT2D eigenvalue weighted by Gasteiger charge is -2.08. The summed E-state index contributed by atoms with van der Waals surface area (Å²) in [5.74, 6) is 0.431. The number of nitrogens with zero attached hydrogens (tertiary/aromatic N) is 2. The van der Waals surface area contributed by atoms with Crippen LogP contribution in [-0.4, -0.2) is 29.0 Å². The summed E-state index contributed by atoms with van der Waals surface area (Å²) >= 11 is 9.23. The SMILES string of the molecule is O=C(NCCNc1ncncc1Cl)c1cccc(Br)c1. The summed E-state index contributed by atoms with van der Waals surface area (Å²) < 4.78 is 0.871. The summed E-state index contributed by atoms with van der Waals surface area (Å²) in [5, 5.41) is 6.28. The Hall–Kier alpha value is -1.66. The van der Waals surface area contributed by atoms with Crippen LogP contribution in [0.25, 0.3) is 0 Å². The Labute approximate surface area is 129 Å². The maximum atomic E-state index is 11.9. The zero-order valence-electron chi connectivity index (χ0n) is 10.4. The standard InChI is InChI=1S/C13H12BrClN4O/c14-10-3-1-2-9(6-10)13(20)18-5-4-17-12-11(15)7-16-8-19-12/h1-3,6-8H,4-5H2,(H,18,20)(H,16,17,19). The molecule has 2 N–H and O–H groups in total. The van der Waals surface area contributed by atoms with Gasteiger partial charge in [0, 0.05) is 23.1 Å². The fraction of sp³-hybridized carbons (Fsp3) is 0.154. The van der Waals surface area contributed by atoms with Gasteiger partial charge in [0.1, 0.15) is 17.2 Å². The van der Waals surface area contributed by atoms with E-state index in [0.29, 0.717) is 29.5 Å². The highest BCUT2D eigenvalue weighted by Gasteiger charge is 2.05. The molecule has 0 saturated heterocycles. The van der Waals surface area contributed by atoms with Gasteiger partial charge in [-0.15, -0.1) is 0 Å². The molecule has 20 heavy (non-hydrogen) atoms. The van der Waals surface area contributed by atoms with Crippen molar-refractivity contribution in [2.75, 3.05) is 18.4 Å². The van der Waals surface area contributed by atoms with Crippen LogP contribution in [0.2, 0.25) is 5.02 Å². The highest BCUT2D eigenvalue weighted by molar-refractivity contribution is 9.10. The zero-order chi connectivity index (χ0) is 14.4. The van der Waals surface area contributed by atoms with Crippen molar-refractivity contribution in [2.24, 2.45) is 0 Å². The second kappa shape index (κ2) is 7.21. The number of carbonyl (C=O) groups excluding carboxylic acids is 1. The first-order chi connectivity index (χ1) is 9.66. The van der Waals surface area contributed by atoms with E-state index in [9.17, 15) is 4.79 Å². The van der Waals surface area contributed by atoms with Crippen LogP contribution in [0.5, 0.6) is 0 Å². The molecule has 104 valence electrons. The van der Waals surface area contributed by atoms with Crippen molar-refractivity contribution in [3.05, 3.63) is 51.8 Å². The Balaban J connectivity index is 1.79. The van der Waals surface area contributed by atoms with Crippen LogP contribution < -0.4 is 10.6 Å². The molecule has 2 rings (SSSR count). The highest BCUT2D eigenvalue weighted by atomic mass is 79.9. The summed E-state index contributed by atoms with van der Waals surface area (Å²) in [6.45, 7) is 0.988. The molecular weight excluding hydrogens is 344 g/mol. The average Bonchev–Trinajstić information content (AvgIpc) is 2.45. The van der Waals surface area contributed by atoms with Crippen LogP contribution in [0, 0.1) is 0 Å². The fourth-order valence-corrected chi connectivity index (χ4v) is 2.10. The number of amides is 1. The number of hydrogen-bond donors (Lipinski definition) is 2. The summed E-state index contributed by atoms with van der Waals surface area (Å²) in [5.41, 5.74) is 0.611. The van der Waals surface area contributed by atoms with E-state index >= 15 is 0 Å². The number of rotatable bonds is 5. The van der Waals surface area contributed by atoms with E-state index in [-0.39, 0.29) is 5.91 Å². The summed E-state index contributed by atoms with van der Waals surface area (Å²) in [6.07, 6.45) is 2.92.